The summed E-state index contributed by atoms with van der Waals surface area (Å²) in [4.78, 5) is 13.7. The number of fused-ring (bicyclic) bond motifs is 1. The average molecular weight is 393 g/mol. The van der Waals surface area contributed by atoms with E-state index >= 15 is 0 Å². The summed E-state index contributed by atoms with van der Waals surface area (Å²) in [5.41, 5.74) is 3.53. The Morgan fingerprint density at radius 3 is 2.89 bits per heavy atom. The number of carbonyl (C=O) groups is 1. The maximum absolute atomic E-state index is 12.5. The van der Waals surface area contributed by atoms with Crippen molar-refractivity contribution in [2.75, 3.05) is 11.9 Å². The van der Waals surface area contributed by atoms with Crippen LogP contribution >= 0.6 is 11.3 Å². The van der Waals surface area contributed by atoms with E-state index < -0.39 is 0 Å². The third-order valence-electron chi connectivity index (χ3n) is 4.71. The summed E-state index contributed by atoms with van der Waals surface area (Å²) in [6.45, 7) is 1.83. The lowest BCUT2D eigenvalue weighted by Crippen LogP contribution is -2.20. The Kier molecular flexibility index (Phi) is 5.08. The number of nitrogens with zero attached hydrogens (tertiary/aromatic N) is 4. The standard InChI is InChI=1S/C20H19N5O2S/c1-13-6-7-17(16(8-13)25-11-22-23-12-25)27-10-19(26)24-20-15(9-21)14-4-2-3-5-18(14)28-20/h6-8,11-12H,2-5,10H2,1H3,(H,24,26). The molecule has 28 heavy (non-hydrogen) atoms. The monoisotopic (exact) mass is 393 g/mol. The molecule has 0 fully saturated rings. The molecule has 0 atom stereocenters. The van der Waals surface area contributed by atoms with Crippen LogP contribution in [0.5, 0.6) is 5.75 Å². The minimum Gasteiger partial charge on any atom is -0.482 e. The minimum atomic E-state index is -0.287. The fourth-order valence-corrected chi connectivity index (χ4v) is 4.61. The van der Waals surface area contributed by atoms with E-state index in [-0.39, 0.29) is 12.5 Å². The van der Waals surface area contributed by atoms with Crippen molar-refractivity contribution in [2.45, 2.75) is 32.6 Å². The largest absolute Gasteiger partial charge is 0.482 e. The van der Waals surface area contributed by atoms with Gasteiger partial charge in [-0.25, -0.2) is 0 Å². The van der Waals surface area contributed by atoms with Gasteiger partial charge in [-0.1, -0.05) is 6.07 Å². The molecule has 1 N–H and O–H groups in total. The number of amides is 1. The number of nitrogens with one attached hydrogen (secondary N) is 1. The molecular formula is C20H19N5O2S. The predicted octanol–water partition coefficient (Wildman–Crippen LogP) is 3.41. The number of rotatable bonds is 5. The molecule has 2 heterocycles. The Bertz CT molecular complexity index is 1050. The molecule has 0 bridgehead atoms. The van der Waals surface area contributed by atoms with Gasteiger partial charge in [0.15, 0.2) is 6.61 Å². The van der Waals surface area contributed by atoms with Crippen molar-refractivity contribution in [1.29, 1.82) is 5.26 Å². The number of benzene rings is 1. The van der Waals surface area contributed by atoms with Gasteiger partial charge in [-0.3, -0.25) is 9.36 Å². The first-order chi connectivity index (χ1) is 13.7. The summed E-state index contributed by atoms with van der Waals surface area (Å²) in [7, 11) is 0. The van der Waals surface area contributed by atoms with Crippen LogP contribution < -0.4 is 10.1 Å². The molecule has 7 nitrogen and oxygen atoms in total. The molecular weight excluding hydrogens is 374 g/mol. The van der Waals surface area contributed by atoms with Gasteiger partial charge in [0.1, 0.15) is 29.5 Å². The molecule has 3 aromatic rings. The Hall–Kier alpha value is -3.18. The number of thiophene rings is 1. The number of nitriles is 1. The molecule has 2 aromatic heterocycles. The summed E-state index contributed by atoms with van der Waals surface area (Å²) in [5, 5.41) is 20.6. The van der Waals surface area contributed by atoms with Crippen LogP contribution in [0.4, 0.5) is 5.00 Å². The molecule has 1 aliphatic carbocycles. The molecule has 1 amide bonds. The van der Waals surface area contributed by atoms with Crippen LogP contribution in [0.2, 0.25) is 0 Å². The first kappa shape index (κ1) is 18.2. The van der Waals surface area contributed by atoms with Gasteiger partial charge in [0.25, 0.3) is 5.91 Å². The molecule has 0 spiro atoms. The lowest BCUT2D eigenvalue weighted by Gasteiger charge is -2.12. The molecule has 0 saturated carbocycles. The fraction of sp³-hybridized carbons (Fsp3) is 0.300. The highest BCUT2D eigenvalue weighted by molar-refractivity contribution is 7.16. The topological polar surface area (TPSA) is 92.8 Å². The normalized spacial score (nSPS) is 12.9. The van der Waals surface area contributed by atoms with Gasteiger partial charge in [0.05, 0.1) is 11.3 Å². The summed E-state index contributed by atoms with van der Waals surface area (Å²) >= 11 is 1.51. The highest BCUT2D eigenvalue weighted by Crippen LogP contribution is 2.37. The zero-order chi connectivity index (χ0) is 19.5. The van der Waals surface area contributed by atoms with Crippen LogP contribution in [-0.2, 0) is 17.6 Å². The van der Waals surface area contributed by atoms with Crippen molar-refractivity contribution < 1.29 is 9.53 Å². The molecule has 1 aliphatic rings. The minimum absolute atomic E-state index is 0.147. The van der Waals surface area contributed by atoms with Crippen molar-refractivity contribution >= 4 is 22.2 Å². The number of carbonyl (C=O) groups excluding carboxylic acids is 1. The van der Waals surface area contributed by atoms with Gasteiger partial charge in [-0.15, -0.1) is 21.5 Å². The van der Waals surface area contributed by atoms with E-state index in [1.54, 1.807) is 17.2 Å². The number of aryl methyl sites for hydroxylation is 2. The third kappa shape index (κ3) is 3.62. The Balaban J connectivity index is 1.48. The smallest absolute Gasteiger partial charge is 0.262 e. The fourth-order valence-electron chi connectivity index (χ4n) is 3.35. The Morgan fingerprint density at radius 2 is 2.11 bits per heavy atom. The highest BCUT2D eigenvalue weighted by Gasteiger charge is 2.22. The summed E-state index contributed by atoms with van der Waals surface area (Å²) in [5.74, 6) is 0.275. The van der Waals surface area contributed by atoms with E-state index in [1.807, 2.05) is 25.1 Å². The SMILES string of the molecule is Cc1ccc(OCC(=O)Nc2sc3c(c2C#N)CCCC3)c(-n2cnnc2)c1. The maximum atomic E-state index is 12.5. The second-order valence-electron chi connectivity index (χ2n) is 6.70. The third-order valence-corrected chi connectivity index (χ3v) is 5.91. The van der Waals surface area contributed by atoms with E-state index in [4.69, 9.17) is 4.74 Å². The number of aromatic nitrogens is 3. The lowest BCUT2D eigenvalue weighted by molar-refractivity contribution is -0.118. The molecule has 0 radical (unpaired) electrons. The van der Waals surface area contributed by atoms with E-state index in [9.17, 15) is 10.1 Å². The molecule has 4 rings (SSSR count). The summed E-state index contributed by atoms with van der Waals surface area (Å²) in [6, 6.07) is 7.94. The zero-order valence-corrected chi connectivity index (χ0v) is 16.3. The van der Waals surface area contributed by atoms with Crippen molar-refractivity contribution in [1.82, 2.24) is 14.8 Å². The average Bonchev–Trinajstić information content (AvgIpc) is 3.34. The van der Waals surface area contributed by atoms with Crippen LogP contribution in [0.25, 0.3) is 5.69 Å². The molecule has 0 saturated heterocycles. The molecule has 0 aliphatic heterocycles. The Labute approximate surface area is 166 Å². The van der Waals surface area contributed by atoms with Gasteiger partial charge in [0, 0.05) is 4.88 Å². The zero-order valence-electron chi connectivity index (χ0n) is 15.4. The van der Waals surface area contributed by atoms with Gasteiger partial charge in [-0.05, 0) is 55.9 Å². The molecule has 0 unspecified atom stereocenters. The van der Waals surface area contributed by atoms with Crippen molar-refractivity contribution in [3.63, 3.8) is 0 Å². The number of hydrogen-bond donors (Lipinski definition) is 1. The van der Waals surface area contributed by atoms with E-state index in [2.05, 4.69) is 21.6 Å². The van der Waals surface area contributed by atoms with Crippen LogP contribution in [0, 0.1) is 18.3 Å². The summed E-state index contributed by atoms with van der Waals surface area (Å²) < 4.78 is 7.50. The number of anilines is 1. The second-order valence-corrected chi connectivity index (χ2v) is 7.81. The summed E-state index contributed by atoms with van der Waals surface area (Å²) in [6.07, 6.45) is 7.27. The first-order valence-electron chi connectivity index (χ1n) is 9.08. The molecule has 8 heteroatoms. The van der Waals surface area contributed by atoms with Gasteiger partial charge in [-0.2, -0.15) is 5.26 Å². The van der Waals surface area contributed by atoms with Crippen LogP contribution in [0.3, 0.4) is 0 Å². The van der Waals surface area contributed by atoms with Crippen molar-refractivity contribution in [3.8, 4) is 17.5 Å². The maximum Gasteiger partial charge on any atom is 0.262 e. The Morgan fingerprint density at radius 1 is 1.32 bits per heavy atom. The van der Waals surface area contributed by atoms with Crippen LogP contribution in [0.1, 0.15) is 34.4 Å². The first-order valence-corrected chi connectivity index (χ1v) is 9.90. The number of hydrogen-bond acceptors (Lipinski definition) is 6. The van der Waals surface area contributed by atoms with Crippen LogP contribution in [-0.4, -0.2) is 27.3 Å². The highest BCUT2D eigenvalue weighted by atomic mass is 32.1. The lowest BCUT2D eigenvalue weighted by atomic mass is 9.96. The van der Waals surface area contributed by atoms with E-state index in [0.717, 1.165) is 42.5 Å². The van der Waals surface area contributed by atoms with Gasteiger partial charge in [0.2, 0.25) is 0 Å². The second kappa shape index (κ2) is 7.82. The van der Waals surface area contributed by atoms with E-state index in [0.29, 0.717) is 16.3 Å². The van der Waals surface area contributed by atoms with Gasteiger partial charge < -0.3 is 10.1 Å². The predicted molar refractivity (Wildman–Crippen MR) is 106 cm³/mol. The molecule has 142 valence electrons. The number of ether oxygens (including phenoxy) is 1. The van der Waals surface area contributed by atoms with Gasteiger partial charge >= 0.3 is 0 Å². The molecule has 1 aromatic carbocycles. The van der Waals surface area contributed by atoms with E-state index in [1.165, 1.54) is 16.2 Å². The van der Waals surface area contributed by atoms with Crippen molar-refractivity contribution in [3.05, 3.63) is 52.4 Å². The quantitative estimate of drug-likeness (QED) is 0.717. The van der Waals surface area contributed by atoms with Crippen molar-refractivity contribution in [2.24, 2.45) is 0 Å². The van der Waals surface area contributed by atoms with Crippen LogP contribution in [0.15, 0.2) is 30.9 Å².